The lowest BCUT2D eigenvalue weighted by Gasteiger charge is -2.30. The van der Waals surface area contributed by atoms with E-state index < -0.39 is 0 Å². The Kier molecular flexibility index (Phi) is 8.87. The molecule has 282 valence electrons. The molecule has 11 rings (SSSR count). The summed E-state index contributed by atoms with van der Waals surface area (Å²) >= 11 is 0. The number of benzene rings is 10. The molecule has 0 N–H and O–H groups in total. The molecule has 0 unspecified atom stereocenters. The number of hydrogen-bond acceptors (Lipinski definition) is 1. The van der Waals surface area contributed by atoms with Gasteiger partial charge in [0.05, 0.1) is 28.1 Å². The normalized spacial score (nSPS) is 11.3. The van der Waals surface area contributed by atoms with E-state index in [1.165, 1.54) is 71.5 Å². The average Bonchev–Trinajstić information content (AvgIpc) is 3.67. The molecule has 0 aliphatic heterocycles. The van der Waals surface area contributed by atoms with Crippen molar-refractivity contribution in [2.45, 2.75) is 0 Å². The summed E-state index contributed by atoms with van der Waals surface area (Å²) in [6, 6.07) is 87.9. The zero-order valence-electron chi connectivity index (χ0n) is 33.0. The molecule has 2 heteroatoms. The van der Waals surface area contributed by atoms with Gasteiger partial charge in [-0.2, -0.15) is 0 Å². The number of anilines is 3. The Hall–Kier alpha value is -7.94. The second-order valence-electron chi connectivity index (χ2n) is 15.2. The second-order valence-corrected chi connectivity index (χ2v) is 15.2. The van der Waals surface area contributed by atoms with Crippen LogP contribution in [0.2, 0.25) is 0 Å². The molecule has 0 amide bonds. The van der Waals surface area contributed by atoms with Crippen LogP contribution in [-0.4, -0.2) is 4.57 Å². The van der Waals surface area contributed by atoms with Crippen molar-refractivity contribution in [2.24, 2.45) is 0 Å². The number of para-hydroxylation sites is 4. The summed E-state index contributed by atoms with van der Waals surface area (Å²) in [6.45, 7) is 0. The van der Waals surface area contributed by atoms with Crippen LogP contribution >= 0.6 is 0 Å². The zero-order chi connectivity index (χ0) is 39.8. The molecule has 1 aromatic heterocycles. The maximum atomic E-state index is 2.46. The third kappa shape index (κ3) is 6.06. The van der Waals surface area contributed by atoms with E-state index in [4.69, 9.17) is 0 Å². The van der Waals surface area contributed by atoms with E-state index in [-0.39, 0.29) is 0 Å². The predicted octanol–water partition coefficient (Wildman–Crippen LogP) is 16.1. The van der Waals surface area contributed by atoms with E-state index in [1.54, 1.807) is 0 Å². The summed E-state index contributed by atoms with van der Waals surface area (Å²) < 4.78 is 2.45. The largest absolute Gasteiger partial charge is 0.309 e. The standard InChI is InChI=1S/C58H40N2/c1-3-19-41(20-4-1)42-37-39-45(40-38-42)59(54-33-14-10-27-49(54)48-30-17-24-43-23-7-8-25-46(43)48)55-34-15-11-28-50(55)51-31-18-36-57-58(51)52-29-12-16-35-56(52)60(57)53-32-13-9-26-47(53)44-21-5-2-6-22-44/h1-40H. The second kappa shape index (κ2) is 15.1. The summed E-state index contributed by atoms with van der Waals surface area (Å²) in [5.41, 5.74) is 16.3. The zero-order valence-corrected chi connectivity index (χ0v) is 33.0. The number of aromatic nitrogens is 1. The van der Waals surface area contributed by atoms with Gasteiger partial charge in [-0.25, -0.2) is 0 Å². The fraction of sp³-hybridized carbons (Fsp3) is 0. The molecular weight excluding hydrogens is 725 g/mol. The molecule has 1 heterocycles. The minimum absolute atomic E-state index is 1.08. The Balaban J connectivity index is 1.17. The highest BCUT2D eigenvalue weighted by Gasteiger charge is 2.24. The molecule has 0 bridgehead atoms. The van der Waals surface area contributed by atoms with Crippen molar-refractivity contribution in [3.8, 4) is 50.2 Å². The first-order valence-electron chi connectivity index (χ1n) is 20.6. The lowest BCUT2D eigenvalue weighted by atomic mass is 9.94. The molecule has 0 fully saturated rings. The molecule has 0 saturated carbocycles. The highest BCUT2D eigenvalue weighted by molar-refractivity contribution is 6.17. The van der Waals surface area contributed by atoms with Crippen molar-refractivity contribution in [2.75, 3.05) is 4.90 Å². The summed E-state index contributed by atoms with van der Waals surface area (Å²) in [4.78, 5) is 2.46. The molecular formula is C58H40N2. The van der Waals surface area contributed by atoms with Gasteiger partial charge in [0.25, 0.3) is 0 Å². The Bertz CT molecular complexity index is 3300. The van der Waals surface area contributed by atoms with Gasteiger partial charge in [0.1, 0.15) is 0 Å². The maximum Gasteiger partial charge on any atom is 0.0547 e. The molecule has 0 aliphatic carbocycles. The van der Waals surface area contributed by atoms with Crippen molar-refractivity contribution in [3.63, 3.8) is 0 Å². The van der Waals surface area contributed by atoms with Crippen molar-refractivity contribution in [1.82, 2.24) is 4.57 Å². The van der Waals surface area contributed by atoms with Crippen LogP contribution in [0.5, 0.6) is 0 Å². The molecule has 0 aliphatic rings. The van der Waals surface area contributed by atoms with Gasteiger partial charge in [-0.1, -0.05) is 200 Å². The van der Waals surface area contributed by atoms with Gasteiger partial charge >= 0.3 is 0 Å². The van der Waals surface area contributed by atoms with Crippen molar-refractivity contribution in [3.05, 3.63) is 243 Å². The molecule has 0 spiro atoms. The molecule has 0 radical (unpaired) electrons. The van der Waals surface area contributed by atoms with E-state index in [9.17, 15) is 0 Å². The van der Waals surface area contributed by atoms with Gasteiger partial charge in [-0.05, 0) is 81.1 Å². The fourth-order valence-corrected chi connectivity index (χ4v) is 9.13. The first-order valence-corrected chi connectivity index (χ1v) is 20.6. The topological polar surface area (TPSA) is 8.17 Å². The molecule has 10 aromatic carbocycles. The Labute approximate surface area is 350 Å². The van der Waals surface area contributed by atoms with Crippen LogP contribution in [0.1, 0.15) is 0 Å². The van der Waals surface area contributed by atoms with Crippen LogP contribution in [0.4, 0.5) is 17.1 Å². The number of rotatable bonds is 8. The van der Waals surface area contributed by atoms with Gasteiger partial charge in [0.2, 0.25) is 0 Å². The van der Waals surface area contributed by atoms with Gasteiger partial charge in [0, 0.05) is 33.2 Å². The van der Waals surface area contributed by atoms with Gasteiger partial charge in [-0.3, -0.25) is 0 Å². The van der Waals surface area contributed by atoms with Crippen LogP contribution in [0.15, 0.2) is 243 Å². The average molecular weight is 765 g/mol. The van der Waals surface area contributed by atoms with Crippen LogP contribution in [0, 0.1) is 0 Å². The molecule has 60 heavy (non-hydrogen) atoms. The maximum absolute atomic E-state index is 2.46. The molecule has 11 aromatic rings. The summed E-state index contributed by atoms with van der Waals surface area (Å²) in [7, 11) is 0. The predicted molar refractivity (Wildman–Crippen MR) is 255 cm³/mol. The minimum Gasteiger partial charge on any atom is -0.309 e. The third-order valence-electron chi connectivity index (χ3n) is 11.8. The van der Waals surface area contributed by atoms with E-state index in [2.05, 4.69) is 252 Å². The summed E-state index contributed by atoms with van der Waals surface area (Å²) in [5, 5.41) is 4.90. The monoisotopic (exact) mass is 764 g/mol. The highest BCUT2D eigenvalue weighted by atomic mass is 15.1. The first-order chi connectivity index (χ1) is 29.8. The van der Waals surface area contributed by atoms with Crippen molar-refractivity contribution in [1.29, 1.82) is 0 Å². The van der Waals surface area contributed by atoms with E-state index in [1.807, 2.05) is 0 Å². The van der Waals surface area contributed by atoms with Crippen LogP contribution in [-0.2, 0) is 0 Å². The Morgan fingerprint density at radius 3 is 1.52 bits per heavy atom. The van der Waals surface area contributed by atoms with E-state index in [0.29, 0.717) is 0 Å². The van der Waals surface area contributed by atoms with Crippen molar-refractivity contribution >= 4 is 49.6 Å². The summed E-state index contributed by atoms with van der Waals surface area (Å²) in [5.74, 6) is 0. The third-order valence-corrected chi connectivity index (χ3v) is 11.8. The van der Waals surface area contributed by atoms with Gasteiger partial charge < -0.3 is 9.47 Å². The number of fused-ring (bicyclic) bond motifs is 4. The lowest BCUT2D eigenvalue weighted by molar-refractivity contribution is 1.18. The van der Waals surface area contributed by atoms with E-state index >= 15 is 0 Å². The quantitative estimate of drug-likeness (QED) is 0.150. The SMILES string of the molecule is c1ccc(-c2ccc(N(c3ccccc3-c3cccc4ccccc34)c3ccccc3-c3cccc4c3c3ccccc3n4-c3ccccc3-c3ccccc3)cc2)cc1. The summed E-state index contributed by atoms with van der Waals surface area (Å²) in [6.07, 6.45) is 0. The number of nitrogens with zero attached hydrogens (tertiary/aromatic N) is 2. The molecule has 2 nitrogen and oxygen atoms in total. The molecule has 0 atom stereocenters. The fourth-order valence-electron chi connectivity index (χ4n) is 9.13. The highest BCUT2D eigenvalue weighted by Crippen LogP contribution is 2.48. The first kappa shape index (κ1) is 35.2. The van der Waals surface area contributed by atoms with Crippen molar-refractivity contribution < 1.29 is 0 Å². The smallest absolute Gasteiger partial charge is 0.0547 e. The van der Waals surface area contributed by atoms with Crippen LogP contribution in [0.25, 0.3) is 82.8 Å². The van der Waals surface area contributed by atoms with Gasteiger partial charge in [-0.15, -0.1) is 0 Å². The van der Waals surface area contributed by atoms with Crippen LogP contribution < -0.4 is 4.90 Å². The Morgan fingerprint density at radius 1 is 0.283 bits per heavy atom. The minimum atomic E-state index is 1.08. The number of hydrogen-bond donors (Lipinski definition) is 0. The lowest BCUT2D eigenvalue weighted by Crippen LogP contribution is -2.12. The van der Waals surface area contributed by atoms with Gasteiger partial charge in [0.15, 0.2) is 0 Å². The molecule has 0 saturated heterocycles. The Morgan fingerprint density at radius 2 is 0.767 bits per heavy atom. The van der Waals surface area contributed by atoms with Crippen LogP contribution in [0.3, 0.4) is 0 Å². The van der Waals surface area contributed by atoms with E-state index in [0.717, 1.165) is 28.3 Å².